The summed E-state index contributed by atoms with van der Waals surface area (Å²) in [6.07, 6.45) is 0.729. The molecule has 0 atom stereocenters. The number of hydrogen-bond acceptors (Lipinski definition) is 2. The van der Waals surface area contributed by atoms with Crippen molar-refractivity contribution in [1.82, 2.24) is 0 Å². The van der Waals surface area contributed by atoms with Crippen molar-refractivity contribution in [2.75, 3.05) is 18.5 Å². The summed E-state index contributed by atoms with van der Waals surface area (Å²) in [6, 6.07) is 5.67. The largest absolute Gasteiger partial charge is 0.396 e. The quantitative estimate of drug-likeness (QED) is 0.820. The smallest absolute Gasteiger partial charge is 0.0648 e. The Morgan fingerprint density at radius 3 is 2.85 bits per heavy atom. The number of rotatable bonds is 4. The van der Waals surface area contributed by atoms with Gasteiger partial charge in [-0.25, -0.2) is 0 Å². The number of aliphatic hydroxyl groups is 1. The van der Waals surface area contributed by atoms with Crippen molar-refractivity contribution in [3.8, 4) is 0 Å². The topological polar surface area (TPSA) is 32.3 Å². The second-order valence-corrected chi connectivity index (χ2v) is 3.95. The Labute approximate surface area is 91.0 Å². The highest BCUT2D eigenvalue weighted by Crippen LogP contribution is 2.25. The van der Waals surface area contributed by atoms with Crippen LogP contribution in [0.15, 0.2) is 22.7 Å². The van der Waals surface area contributed by atoms with Gasteiger partial charge in [0, 0.05) is 17.6 Å². The summed E-state index contributed by atoms with van der Waals surface area (Å²) in [5.41, 5.74) is 0.901. The van der Waals surface area contributed by atoms with E-state index < -0.39 is 0 Å². The molecule has 1 aromatic rings. The van der Waals surface area contributed by atoms with Gasteiger partial charge in [0.05, 0.1) is 10.7 Å². The molecule has 0 unspecified atom stereocenters. The first-order chi connectivity index (χ1) is 6.24. The maximum atomic E-state index is 8.58. The van der Waals surface area contributed by atoms with E-state index in [9.17, 15) is 0 Å². The first-order valence-corrected chi connectivity index (χ1v) is 5.21. The van der Waals surface area contributed by atoms with Gasteiger partial charge in [-0.15, -0.1) is 0 Å². The van der Waals surface area contributed by atoms with Gasteiger partial charge >= 0.3 is 0 Å². The van der Waals surface area contributed by atoms with Crippen LogP contribution >= 0.6 is 27.5 Å². The summed E-state index contributed by atoms with van der Waals surface area (Å²) in [5, 5.41) is 12.4. The van der Waals surface area contributed by atoms with Crippen molar-refractivity contribution in [2.24, 2.45) is 0 Å². The van der Waals surface area contributed by atoms with Gasteiger partial charge in [-0.05, 0) is 24.6 Å². The van der Waals surface area contributed by atoms with E-state index in [2.05, 4.69) is 21.2 Å². The minimum atomic E-state index is 0.196. The van der Waals surface area contributed by atoms with E-state index in [0.717, 1.165) is 23.1 Å². The zero-order valence-corrected chi connectivity index (χ0v) is 9.40. The minimum absolute atomic E-state index is 0.196. The highest BCUT2D eigenvalue weighted by atomic mass is 79.9. The zero-order chi connectivity index (χ0) is 9.68. The normalized spacial score (nSPS) is 10.1. The Morgan fingerprint density at radius 1 is 1.46 bits per heavy atom. The lowest BCUT2D eigenvalue weighted by Gasteiger charge is -2.07. The van der Waals surface area contributed by atoms with Gasteiger partial charge in [0.2, 0.25) is 0 Å². The molecule has 4 heteroatoms. The molecule has 0 radical (unpaired) electrons. The maximum Gasteiger partial charge on any atom is 0.0648 e. The van der Waals surface area contributed by atoms with E-state index in [1.807, 2.05) is 18.2 Å². The van der Waals surface area contributed by atoms with Gasteiger partial charge < -0.3 is 10.4 Å². The molecule has 0 aromatic heterocycles. The Kier molecular flexibility index (Phi) is 4.56. The van der Waals surface area contributed by atoms with Crippen LogP contribution in [0.4, 0.5) is 5.69 Å². The highest BCUT2D eigenvalue weighted by Gasteiger charge is 1.98. The molecule has 1 aromatic carbocycles. The molecule has 0 aliphatic rings. The van der Waals surface area contributed by atoms with E-state index in [1.54, 1.807) is 0 Å². The molecule has 1 rings (SSSR count). The van der Waals surface area contributed by atoms with Crippen molar-refractivity contribution < 1.29 is 5.11 Å². The van der Waals surface area contributed by atoms with Gasteiger partial charge in [0.25, 0.3) is 0 Å². The van der Waals surface area contributed by atoms with E-state index in [0.29, 0.717) is 5.02 Å². The molecule has 2 nitrogen and oxygen atoms in total. The summed E-state index contributed by atoms with van der Waals surface area (Å²) < 4.78 is 0.963. The van der Waals surface area contributed by atoms with Crippen LogP contribution in [0.3, 0.4) is 0 Å². The highest BCUT2D eigenvalue weighted by molar-refractivity contribution is 9.10. The number of anilines is 1. The lowest BCUT2D eigenvalue weighted by atomic mass is 10.3. The van der Waals surface area contributed by atoms with E-state index in [1.165, 1.54) is 0 Å². The second-order valence-electron chi connectivity index (χ2n) is 2.63. The fourth-order valence-electron chi connectivity index (χ4n) is 0.935. The van der Waals surface area contributed by atoms with Crippen LogP contribution < -0.4 is 5.32 Å². The molecule has 2 N–H and O–H groups in total. The fourth-order valence-corrected chi connectivity index (χ4v) is 1.68. The monoisotopic (exact) mass is 263 g/mol. The standard InChI is InChI=1S/C9H11BrClNO/c10-7-2-3-9(8(11)6-7)12-4-1-5-13/h2-3,6,12-13H,1,4-5H2. The van der Waals surface area contributed by atoms with E-state index in [4.69, 9.17) is 16.7 Å². The molecule has 0 spiro atoms. The van der Waals surface area contributed by atoms with Crippen LogP contribution in [-0.2, 0) is 0 Å². The SMILES string of the molecule is OCCCNc1ccc(Br)cc1Cl. The molecule has 0 amide bonds. The molecule has 0 saturated heterocycles. The molecule has 13 heavy (non-hydrogen) atoms. The van der Waals surface area contributed by atoms with Crippen LogP contribution in [0.25, 0.3) is 0 Å². The first-order valence-electron chi connectivity index (χ1n) is 4.04. The van der Waals surface area contributed by atoms with Gasteiger partial charge in [-0.1, -0.05) is 27.5 Å². The average molecular weight is 265 g/mol. The van der Waals surface area contributed by atoms with Crippen LogP contribution in [0.1, 0.15) is 6.42 Å². The van der Waals surface area contributed by atoms with Crippen LogP contribution in [0.5, 0.6) is 0 Å². The third-order valence-corrected chi connectivity index (χ3v) is 2.39. The second kappa shape index (κ2) is 5.47. The summed E-state index contributed by atoms with van der Waals surface area (Å²) in [4.78, 5) is 0. The summed E-state index contributed by atoms with van der Waals surface area (Å²) in [5.74, 6) is 0. The maximum absolute atomic E-state index is 8.58. The Hall–Kier alpha value is -0.250. The summed E-state index contributed by atoms with van der Waals surface area (Å²) in [6.45, 7) is 0.930. The average Bonchev–Trinajstić information content (AvgIpc) is 2.09. The van der Waals surface area contributed by atoms with Gasteiger partial charge in [0.15, 0.2) is 0 Å². The van der Waals surface area contributed by atoms with Crippen molar-refractivity contribution in [2.45, 2.75) is 6.42 Å². The molecule has 0 heterocycles. The summed E-state index contributed by atoms with van der Waals surface area (Å²) in [7, 11) is 0. The lowest BCUT2D eigenvalue weighted by molar-refractivity contribution is 0.292. The Morgan fingerprint density at radius 2 is 2.23 bits per heavy atom. The Balaban J connectivity index is 2.56. The molecule has 72 valence electrons. The van der Waals surface area contributed by atoms with Gasteiger partial charge in [-0.2, -0.15) is 0 Å². The molecular formula is C9H11BrClNO. The van der Waals surface area contributed by atoms with Crippen molar-refractivity contribution in [1.29, 1.82) is 0 Å². The van der Waals surface area contributed by atoms with Crippen molar-refractivity contribution in [3.05, 3.63) is 27.7 Å². The third kappa shape index (κ3) is 3.55. The summed E-state index contributed by atoms with van der Waals surface area (Å²) >= 11 is 9.28. The number of hydrogen-bond donors (Lipinski definition) is 2. The van der Waals surface area contributed by atoms with E-state index in [-0.39, 0.29) is 6.61 Å². The number of nitrogens with one attached hydrogen (secondary N) is 1. The molecule has 0 aliphatic heterocycles. The molecule has 0 aliphatic carbocycles. The van der Waals surface area contributed by atoms with Gasteiger partial charge in [0.1, 0.15) is 0 Å². The number of halogens is 2. The minimum Gasteiger partial charge on any atom is -0.396 e. The lowest BCUT2D eigenvalue weighted by Crippen LogP contribution is -2.03. The van der Waals surface area contributed by atoms with Crippen molar-refractivity contribution in [3.63, 3.8) is 0 Å². The predicted octanol–water partition coefficient (Wildman–Crippen LogP) is 2.90. The molecule has 0 bridgehead atoms. The zero-order valence-electron chi connectivity index (χ0n) is 7.06. The van der Waals surface area contributed by atoms with Crippen LogP contribution in [-0.4, -0.2) is 18.3 Å². The van der Waals surface area contributed by atoms with Crippen molar-refractivity contribution >= 4 is 33.2 Å². The Bertz CT molecular complexity index is 280. The molecule has 0 fully saturated rings. The molecule has 0 saturated carbocycles. The predicted molar refractivity (Wildman–Crippen MR) is 59.3 cm³/mol. The molecular weight excluding hydrogens is 253 g/mol. The fraction of sp³-hybridized carbons (Fsp3) is 0.333. The number of benzene rings is 1. The van der Waals surface area contributed by atoms with E-state index >= 15 is 0 Å². The third-order valence-electron chi connectivity index (χ3n) is 1.58. The van der Waals surface area contributed by atoms with Crippen LogP contribution in [0, 0.1) is 0 Å². The van der Waals surface area contributed by atoms with Gasteiger partial charge in [-0.3, -0.25) is 0 Å². The number of aliphatic hydroxyl groups excluding tert-OH is 1. The first kappa shape index (κ1) is 10.8. The van der Waals surface area contributed by atoms with Crippen LogP contribution in [0.2, 0.25) is 5.02 Å².